The normalized spacial score (nSPS) is 19.1. The van der Waals surface area contributed by atoms with Gasteiger partial charge in [-0.2, -0.15) is 0 Å². The fourth-order valence-electron chi connectivity index (χ4n) is 4.56. The number of piperidine rings is 1. The first-order chi connectivity index (χ1) is 16.8. The van der Waals surface area contributed by atoms with E-state index in [0.29, 0.717) is 12.2 Å². The number of carbonyl (C=O) groups is 3. The highest BCUT2D eigenvalue weighted by molar-refractivity contribution is 5.98. The van der Waals surface area contributed by atoms with Crippen LogP contribution in [0.4, 0.5) is 8.78 Å². The Kier molecular flexibility index (Phi) is 7.42. The van der Waals surface area contributed by atoms with Crippen molar-refractivity contribution < 1.29 is 32.6 Å². The smallest absolute Gasteiger partial charge is 0.256 e. The Morgan fingerprint density at radius 1 is 1.03 bits per heavy atom. The Morgan fingerprint density at radius 2 is 1.74 bits per heavy atom. The van der Waals surface area contributed by atoms with Crippen molar-refractivity contribution in [3.63, 3.8) is 0 Å². The molecule has 8 nitrogen and oxygen atoms in total. The second kappa shape index (κ2) is 10.5. The molecule has 0 bridgehead atoms. The number of nitrogens with one attached hydrogen (secondary N) is 1. The van der Waals surface area contributed by atoms with Crippen LogP contribution in [0.2, 0.25) is 0 Å². The summed E-state index contributed by atoms with van der Waals surface area (Å²) in [5, 5.41) is 2.74. The average Bonchev–Trinajstić information content (AvgIpc) is 3.22. The summed E-state index contributed by atoms with van der Waals surface area (Å²) in [4.78, 5) is 42.4. The Morgan fingerprint density at radius 3 is 2.40 bits per heavy atom. The molecule has 0 saturated carbocycles. The summed E-state index contributed by atoms with van der Waals surface area (Å²) in [6, 6.07) is 9.68. The van der Waals surface area contributed by atoms with Gasteiger partial charge in [0.2, 0.25) is 5.91 Å². The van der Waals surface area contributed by atoms with Crippen molar-refractivity contribution in [3.05, 3.63) is 71.3 Å². The van der Waals surface area contributed by atoms with Gasteiger partial charge in [-0.1, -0.05) is 6.07 Å². The first-order valence-corrected chi connectivity index (χ1v) is 11.4. The molecule has 1 atom stereocenters. The maximum absolute atomic E-state index is 13.9. The molecular weight excluding hydrogens is 460 g/mol. The molecule has 2 fully saturated rings. The number of likely N-dealkylation sites (tertiary alicyclic amines) is 1. The number of ether oxygens (including phenoxy) is 2. The molecule has 2 aliphatic heterocycles. The van der Waals surface area contributed by atoms with E-state index in [9.17, 15) is 23.2 Å². The van der Waals surface area contributed by atoms with Crippen molar-refractivity contribution in [2.24, 2.45) is 0 Å². The van der Waals surface area contributed by atoms with E-state index in [4.69, 9.17) is 9.47 Å². The maximum Gasteiger partial charge on any atom is 0.256 e. The van der Waals surface area contributed by atoms with Gasteiger partial charge in [0.05, 0.1) is 13.2 Å². The molecule has 2 heterocycles. The molecule has 3 amide bonds. The van der Waals surface area contributed by atoms with Crippen LogP contribution < -0.4 is 5.32 Å². The summed E-state index contributed by atoms with van der Waals surface area (Å²) in [5.74, 6) is -2.17. The average molecular weight is 488 g/mol. The third kappa shape index (κ3) is 5.18. The van der Waals surface area contributed by atoms with E-state index in [-0.39, 0.29) is 50.6 Å². The fraction of sp³-hybridized carbons (Fsp3) is 0.400. The molecule has 0 radical (unpaired) electrons. The van der Waals surface area contributed by atoms with Crippen LogP contribution in [0.15, 0.2) is 48.5 Å². The zero-order valence-electron chi connectivity index (χ0n) is 19.3. The number of rotatable bonds is 6. The molecule has 10 heteroatoms. The van der Waals surface area contributed by atoms with Crippen LogP contribution >= 0.6 is 0 Å². The standard InChI is InChI=1S/C25H27F2N3O5/c1-34-14-11-28-22(31)21-16-35-25(30(21)24(33)18-3-2-4-20(27)15-18)9-12-29(13-10-25)23(32)17-5-7-19(26)8-6-17/h2-8,15,21H,9-14,16H2,1H3,(H,28,31)/t21-/m0/s1. The van der Waals surface area contributed by atoms with Gasteiger partial charge in [-0.05, 0) is 42.5 Å². The number of methoxy groups -OCH3 is 1. The SMILES string of the molecule is COCCNC(=O)[C@@H]1COC2(CCN(C(=O)c3ccc(F)cc3)CC2)N1C(=O)c1cccc(F)c1. The van der Waals surface area contributed by atoms with Crippen LogP contribution in [-0.4, -0.2) is 79.2 Å². The lowest BCUT2D eigenvalue weighted by atomic mass is 9.96. The Balaban J connectivity index is 1.55. The number of carbonyl (C=O) groups excluding carboxylic acids is 3. The molecule has 0 aliphatic carbocycles. The van der Waals surface area contributed by atoms with Crippen LogP contribution in [-0.2, 0) is 14.3 Å². The molecule has 2 saturated heterocycles. The Labute approximate surface area is 201 Å². The summed E-state index contributed by atoms with van der Waals surface area (Å²) in [6.45, 7) is 1.08. The monoisotopic (exact) mass is 487 g/mol. The lowest BCUT2D eigenvalue weighted by Crippen LogP contribution is -2.60. The van der Waals surface area contributed by atoms with E-state index in [2.05, 4.69) is 5.32 Å². The van der Waals surface area contributed by atoms with E-state index in [1.54, 1.807) is 4.90 Å². The third-order valence-electron chi connectivity index (χ3n) is 6.38. The van der Waals surface area contributed by atoms with Crippen LogP contribution in [0, 0.1) is 11.6 Å². The Hall–Kier alpha value is -3.37. The molecule has 1 N–H and O–H groups in total. The molecule has 4 rings (SSSR count). The van der Waals surface area contributed by atoms with Crippen LogP contribution in [0.5, 0.6) is 0 Å². The van der Waals surface area contributed by atoms with Crippen molar-refractivity contribution >= 4 is 17.7 Å². The summed E-state index contributed by atoms with van der Waals surface area (Å²) in [7, 11) is 1.51. The van der Waals surface area contributed by atoms with Gasteiger partial charge < -0.3 is 19.7 Å². The lowest BCUT2D eigenvalue weighted by molar-refractivity contribution is -0.128. The summed E-state index contributed by atoms with van der Waals surface area (Å²) < 4.78 is 38.2. The summed E-state index contributed by atoms with van der Waals surface area (Å²) in [6.07, 6.45) is 0.533. The first kappa shape index (κ1) is 24.7. The molecule has 2 aliphatic rings. The van der Waals surface area contributed by atoms with Gasteiger partial charge in [0.25, 0.3) is 11.8 Å². The molecule has 2 aromatic carbocycles. The van der Waals surface area contributed by atoms with E-state index < -0.39 is 35.2 Å². The third-order valence-corrected chi connectivity index (χ3v) is 6.38. The van der Waals surface area contributed by atoms with Gasteiger partial charge >= 0.3 is 0 Å². The second-order valence-electron chi connectivity index (χ2n) is 8.54. The van der Waals surface area contributed by atoms with Crippen LogP contribution in [0.25, 0.3) is 0 Å². The van der Waals surface area contributed by atoms with Crippen molar-refractivity contribution in [1.82, 2.24) is 15.1 Å². The minimum absolute atomic E-state index is 0.0220. The van der Waals surface area contributed by atoms with Crippen LogP contribution in [0.3, 0.4) is 0 Å². The Bertz CT molecular complexity index is 1090. The topological polar surface area (TPSA) is 88.2 Å². The minimum atomic E-state index is -1.12. The predicted molar refractivity (Wildman–Crippen MR) is 121 cm³/mol. The van der Waals surface area contributed by atoms with E-state index in [1.807, 2.05) is 0 Å². The second-order valence-corrected chi connectivity index (χ2v) is 8.54. The highest BCUT2D eigenvalue weighted by atomic mass is 19.1. The number of hydrogen-bond acceptors (Lipinski definition) is 5. The van der Waals surface area contributed by atoms with Crippen molar-refractivity contribution in [1.29, 1.82) is 0 Å². The minimum Gasteiger partial charge on any atom is -0.383 e. The predicted octanol–water partition coefficient (Wildman–Crippen LogP) is 2.20. The van der Waals surface area contributed by atoms with E-state index >= 15 is 0 Å². The van der Waals surface area contributed by atoms with Gasteiger partial charge in [0.1, 0.15) is 23.4 Å². The molecule has 0 unspecified atom stereocenters. The molecule has 0 aromatic heterocycles. The highest BCUT2D eigenvalue weighted by Crippen LogP contribution is 2.38. The van der Waals surface area contributed by atoms with Crippen molar-refractivity contribution in [3.8, 4) is 0 Å². The highest BCUT2D eigenvalue weighted by Gasteiger charge is 2.54. The van der Waals surface area contributed by atoms with E-state index in [1.165, 1.54) is 54.5 Å². The van der Waals surface area contributed by atoms with E-state index in [0.717, 1.165) is 6.07 Å². The number of hydrogen-bond donors (Lipinski definition) is 1. The van der Waals surface area contributed by atoms with Crippen molar-refractivity contribution in [2.75, 3.05) is 40.0 Å². The largest absolute Gasteiger partial charge is 0.383 e. The molecular formula is C25H27F2N3O5. The van der Waals surface area contributed by atoms with Gasteiger partial charge in [-0.15, -0.1) is 0 Å². The lowest BCUT2D eigenvalue weighted by Gasteiger charge is -2.44. The maximum atomic E-state index is 13.9. The molecule has 2 aromatic rings. The quantitative estimate of drug-likeness (QED) is 0.632. The fourth-order valence-corrected chi connectivity index (χ4v) is 4.56. The van der Waals surface area contributed by atoms with Crippen molar-refractivity contribution in [2.45, 2.75) is 24.6 Å². The number of nitrogens with zero attached hydrogens (tertiary/aromatic N) is 2. The van der Waals surface area contributed by atoms with Gasteiger partial charge in [-0.3, -0.25) is 19.3 Å². The number of halogens is 2. The van der Waals surface area contributed by atoms with Gasteiger partial charge in [0.15, 0.2) is 0 Å². The summed E-state index contributed by atoms with van der Waals surface area (Å²) in [5.41, 5.74) is -0.654. The van der Waals surface area contributed by atoms with Crippen LogP contribution in [0.1, 0.15) is 33.6 Å². The number of amides is 3. The molecule has 186 valence electrons. The van der Waals surface area contributed by atoms with Gasteiger partial charge in [-0.25, -0.2) is 8.78 Å². The number of benzene rings is 2. The van der Waals surface area contributed by atoms with Gasteiger partial charge in [0, 0.05) is 50.7 Å². The zero-order chi connectivity index (χ0) is 25.0. The molecule has 1 spiro atoms. The zero-order valence-corrected chi connectivity index (χ0v) is 19.3. The summed E-state index contributed by atoms with van der Waals surface area (Å²) >= 11 is 0. The first-order valence-electron chi connectivity index (χ1n) is 11.4. The molecule has 35 heavy (non-hydrogen) atoms.